The average Bonchev–Trinajstić information content (AvgIpc) is 2.63. The van der Waals surface area contributed by atoms with E-state index in [1.54, 1.807) is 12.1 Å². The van der Waals surface area contributed by atoms with Crippen molar-refractivity contribution < 1.29 is 4.79 Å². The number of nitrogens with two attached hydrogens (primary N) is 1. The fourth-order valence-corrected chi connectivity index (χ4v) is 3.49. The first-order chi connectivity index (χ1) is 12.8. The van der Waals surface area contributed by atoms with Gasteiger partial charge < -0.3 is 11.1 Å². The van der Waals surface area contributed by atoms with Gasteiger partial charge in [0.25, 0.3) is 11.5 Å². The molecule has 0 saturated carbocycles. The van der Waals surface area contributed by atoms with Gasteiger partial charge >= 0.3 is 0 Å². The number of nitrogens with zero attached hydrogens (tertiary/aromatic N) is 2. The molecule has 6 heteroatoms. The Morgan fingerprint density at radius 1 is 1.26 bits per heavy atom. The Balaban J connectivity index is 2.45. The Morgan fingerprint density at radius 3 is 2.52 bits per heavy atom. The number of hydrogen-bond donors (Lipinski definition) is 2. The zero-order valence-electron chi connectivity index (χ0n) is 16.9. The molecule has 2 aromatic rings. The summed E-state index contributed by atoms with van der Waals surface area (Å²) < 4.78 is 1.43. The molecule has 1 aromatic carbocycles. The number of benzene rings is 1. The zero-order chi connectivity index (χ0) is 20.0. The van der Waals surface area contributed by atoms with E-state index in [4.69, 9.17) is 5.73 Å². The van der Waals surface area contributed by atoms with Gasteiger partial charge in [-0.15, -0.1) is 0 Å². The summed E-state index contributed by atoms with van der Waals surface area (Å²) in [5.74, 6) is 0.107. The lowest BCUT2D eigenvalue weighted by Gasteiger charge is -2.31. The third kappa shape index (κ3) is 5.16. The van der Waals surface area contributed by atoms with Crippen molar-refractivity contribution in [2.24, 2.45) is 11.7 Å². The van der Waals surface area contributed by atoms with E-state index in [1.165, 1.54) is 4.68 Å². The van der Waals surface area contributed by atoms with E-state index < -0.39 is 5.54 Å². The van der Waals surface area contributed by atoms with E-state index in [9.17, 15) is 9.59 Å². The van der Waals surface area contributed by atoms with Gasteiger partial charge in [0.05, 0.1) is 10.9 Å². The number of carbonyl (C=O) groups is 1. The van der Waals surface area contributed by atoms with Crippen LogP contribution in [0.25, 0.3) is 10.8 Å². The minimum absolute atomic E-state index is 0.151. The van der Waals surface area contributed by atoms with E-state index >= 15 is 0 Å². The van der Waals surface area contributed by atoms with Crippen molar-refractivity contribution in [3.63, 3.8) is 0 Å². The van der Waals surface area contributed by atoms with Crippen molar-refractivity contribution in [2.45, 2.75) is 65.5 Å². The number of carbonyl (C=O) groups excluding carboxylic acids is 1. The maximum atomic E-state index is 13.1. The first-order valence-corrected chi connectivity index (χ1v) is 9.83. The van der Waals surface area contributed by atoms with Crippen molar-refractivity contribution >= 4 is 16.7 Å². The van der Waals surface area contributed by atoms with Crippen LogP contribution in [-0.2, 0) is 6.54 Å². The molecule has 2 rings (SSSR count). The fourth-order valence-electron chi connectivity index (χ4n) is 3.49. The normalized spacial score (nSPS) is 13.7. The molecule has 6 nitrogen and oxygen atoms in total. The van der Waals surface area contributed by atoms with Gasteiger partial charge in [0.2, 0.25) is 0 Å². The van der Waals surface area contributed by atoms with Crippen LogP contribution in [-0.4, -0.2) is 27.8 Å². The van der Waals surface area contributed by atoms with Crippen LogP contribution in [0, 0.1) is 5.92 Å². The molecule has 0 aliphatic rings. The Hall–Kier alpha value is -2.21. The molecule has 1 aromatic heterocycles. The van der Waals surface area contributed by atoms with Crippen molar-refractivity contribution in [2.75, 3.05) is 6.54 Å². The first-order valence-electron chi connectivity index (χ1n) is 9.83. The predicted molar refractivity (Wildman–Crippen MR) is 110 cm³/mol. The molecule has 0 fully saturated rings. The Morgan fingerprint density at radius 2 is 1.93 bits per heavy atom. The monoisotopic (exact) mass is 372 g/mol. The lowest BCUT2D eigenvalue weighted by atomic mass is 9.90. The second kappa shape index (κ2) is 9.13. The first kappa shape index (κ1) is 21.1. The van der Waals surface area contributed by atoms with E-state index in [2.05, 4.69) is 31.2 Å². The van der Waals surface area contributed by atoms with Gasteiger partial charge in [-0.1, -0.05) is 51.8 Å². The van der Waals surface area contributed by atoms with Crippen LogP contribution < -0.4 is 16.6 Å². The number of fused-ring (bicyclic) bond motifs is 1. The lowest BCUT2D eigenvalue weighted by Crippen LogP contribution is -2.52. The highest BCUT2D eigenvalue weighted by atomic mass is 16.2. The molecule has 3 N–H and O–H groups in total. The van der Waals surface area contributed by atoms with Crippen LogP contribution in [0.2, 0.25) is 0 Å². The maximum Gasteiger partial charge on any atom is 0.274 e. The number of aromatic nitrogens is 2. The number of rotatable bonds is 9. The molecular formula is C21H32N4O2. The van der Waals surface area contributed by atoms with E-state index in [0.717, 1.165) is 25.7 Å². The molecule has 0 spiro atoms. The maximum absolute atomic E-state index is 13.1. The number of amides is 1. The highest BCUT2D eigenvalue weighted by Crippen LogP contribution is 2.18. The SMILES string of the molecule is CCCCCn1nc(C(=O)NC(C)(CN)CC(C)C)c2ccccc2c1=O. The van der Waals surface area contributed by atoms with Crippen LogP contribution in [0.4, 0.5) is 0 Å². The summed E-state index contributed by atoms with van der Waals surface area (Å²) in [4.78, 5) is 25.8. The van der Waals surface area contributed by atoms with E-state index in [0.29, 0.717) is 29.8 Å². The quantitative estimate of drug-likeness (QED) is 0.662. The van der Waals surface area contributed by atoms with Gasteiger partial charge in [0.1, 0.15) is 0 Å². The summed E-state index contributed by atoms with van der Waals surface area (Å²) in [6.45, 7) is 9.11. The minimum atomic E-state index is -0.517. The van der Waals surface area contributed by atoms with Crippen molar-refractivity contribution in [3.05, 3.63) is 40.3 Å². The molecule has 148 valence electrons. The summed E-state index contributed by atoms with van der Waals surface area (Å²) in [6.07, 6.45) is 3.70. The second-order valence-electron chi connectivity index (χ2n) is 7.95. The molecule has 27 heavy (non-hydrogen) atoms. The Bertz CT molecular complexity index is 844. The van der Waals surface area contributed by atoms with E-state index in [1.807, 2.05) is 19.1 Å². The number of nitrogens with one attached hydrogen (secondary N) is 1. The van der Waals surface area contributed by atoms with Crippen LogP contribution in [0.3, 0.4) is 0 Å². The van der Waals surface area contributed by atoms with Crippen LogP contribution in [0.1, 0.15) is 63.9 Å². The lowest BCUT2D eigenvalue weighted by molar-refractivity contribution is 0.0892. The van der Waals surface area contributed by atoms with Crippen LogP contribution in [0.15, 0.2) is 29.1 Å². The molecule has 0 aliphatic heterocycles. The molecule has 1 amide bonds. The summed E-state index contributed by atoms with van der Waals surface area (Å²) in [5.41, 5.74) is 5.55. The van der Waals surface area contributed by atoms with Gasteiger partial charge in [0, 0.05) is 18.5 Å². The average molecular weight is 373 g/mol. The number of aryl methyl sites for hydroxylation is 1. The molecule has 1 heterocycles. The second-order valence-corrected chi connectivity index (χ2v) is 7.95. The van der Waals surface area contributed by atoms with Gasteiger partial charge in [-0.05, 0) is 31.7 Å². The molecular weight excluding hydrogens is 340 g/mol. The van der Waals surface area contributed by atoms with Crippen molar-refractivity contribution in [1.29, 1.82) is 0 Å². The summed E-state index contributed by atoms with van der Waals surface area (Å²) in [7, 11) is 0. The van der Waals surface area contributed by atoms with E-state index in [-0.39, 0.29) is 17.2 Å². The molecule has 0 saturated heterocycles. The standard InChI is InChI=1S/C21H32N4O2/c1-5-6-9-12-25-20(27)17-11-8-7-10-16(17)18(24-25)19(26)23-21(4,14-22)13-15(2)3/h7-8,10-11,15H,5-6,9,12-14,22H2,1-4H3,(H,23,26). The number of unbranched alkanes of at least 4 members (excludes halogenated alkanes) is 2. The van der Waals surface area contributed by atoms with Crippen LogP contribution >= 0.6 is 0 Å². The van der Waals surface area contributed by atoms with Crippen molar-refractivity contribution in [1.82, 2.24) is 15.1 Å². The molecule has 1 atom stereocenters. The van der Waals surface area contributed by atoms with Gasteiger partial charge in [-0.3, -0.25) is 9.59 Å². The van der Waals surface area contributed by atoms with Gasteiger partial charge in [-0.25, -0.2) is 4.68 Å². The highest BCUT2D eigenvalue weighted by molar-refractivity contribution is 6.05. The van der Waals surface area contributed by atoms with Gasteiger partial charge in [0.15, 0.2) is 5.69 Å². The highest BCUT2D eigenvalue weighted by Gasteiger charge is 2.28. The topological polar surface area (TPSA) is 90.0 Å². The largest absolute Gasteiger partial charge is 0.344 e. The third-order valence-electron chi connectivity index (χ3n) is 4.78. The third-order valence-corrected chi connectivity index (χ3v) is 4.78. The van der Waals surface area contributed by atoms with Crippen LogP contribution in [0.5, 0.6) is 0 Å². The molecule has 1 unspecified atom stereocenters. The van der Waals surface area contributed by atoms with Crippen molar-refractivity contribution in [3.8, 4) is 0 Å². The summed E-state index contributed by atoms with van der Waals surface area (Å²) >= 11 is 0. The minimum Gasteiger partial charge on any atom is -0.344 e. The molecule has 0 bridgehead atoms. The Labute approximate surface area is 161 Å². The number of hydrogen-bond acceptors (Lipinski definition) is 4. The Kier molecular flexibility index (Phi) is 7.13. The molecule has 0 aliphatic carbocycles. The zero-order valence-corrected chi connectivity index (χ0v) is 16.9. The molecule has 0 radical (unpaired) electrons. The predicted octanol–water partition coefficient (Wildman–Crippen LogP) is 3.08. The smallest absolute Gasteiger partial charge is 0.274 e. The summed E-state index contributed by atoms with van der Waals surface area (Å²) in [6, 6.07) is 7.16. The fraction of sp³-hybridized carbons (Fsp3) is 0.571. The van der Waals surface area contributed by atoms with Gasteiger partial charge in [-0.2, -0.15) is 5.10 Å². The summed E-state index contributed by atoms with van der Waals surface area (Å²) in [5, 5.41) is 8.58.